The van der Waals surface area contributed by atoms with E-state index in [9.17, 15) is 0 Å². The summed E-state index contributed by atoms with van der Waals surface area (Å²) in [6.07, 6.45) is 8.63. The number of allylic oxidation sites excluding steroid dienone is 3. The van der Waals surface area contributed by atoms with E-state index in [4.69, 9.17) is 28.2 Å². The Hall–Kier alpha value is -3.77. The van der Waals surface area contributed by atoms with Crippen molar-refractivity contribution in [1.29, 1.82) is 0 Å². The van der Waals surface area contributed by atoms with E-state index in [2.05, 4.69) is 13.0 Å². The maximum atomic E-state index is 6.08. The van der Waals surface area contributed by atoms with Gasteiger partial charge in [0.1, 0.15) is 17.2 Å². The molecule has 2 N–H and O–H groups in total. The highest BCUT2D eigenvalue weighted by molar-refractivity contribution is 6.11. The molecule has 0 atom stereocenters. The molecule has 33 heavy (non-hydrogen) atoms. The van der Waals surface area contributed by atoms with Gasteiger partial charge in [-0.1, -0.05) is 18.2 Å². The zero-order chi connectivity index (χ0) is 23.2. The average molecular weight is 435 g/mol. The fraction of sp³-hybridized carbons (Fsp3) is 0.148. The molecule has 0 saturated heterocycles. The largest absolute Gasteiger partial charge is 0.497 e. The predicted molar refractivity (Wildman–Crippen MR) is 136 cm³/mol. The first kappa shape index (κ1) is 22.4. The SMILES string of the molecule is [B]n1cccc1/C(CCN)=C1N=C(/C=C/c2cccc(Oc3ccc(OC)cc3)c2)C=C\1C. The number of benzene rings is 2. The third-order valence-corrected chi connectivity index (χ3v) is 5.35. The van der Waals surface area contributed by atoms with E-state index in [1.165, 1.54) is 0 Å². The quantitative estimate of drug-likeness (QED) is 0.483. The van der Waals surface area contributed by atoms with E-state index in [0.29, 0.717) is 13.0 Å². The lowest BCUT2D eigenvalue weighted by molar-refractivity contribution is 0.413. The van der Waals surface area contributed by atoms with Gasteiger partial charge in [-0.2, -0.15) is 0 Å². The standard InChI is InChI=1S/C27H26BN3O2/c1-19-17-21(30-27(19)25(14-15-29)26-7-4-16-31(26)28)9-8-20-5-3-6-24(18-20)33-23-12-10-22(32-2)11-13-23/h3-13,16-18H,14-15,29H2,1-2H3/b9-8+,27-25-. The van der Waals surface area contributed by atoms with Crippen LogP contribution in [0.15, 0.2) is 95.3 Å². The number of nitrogens with two attached hydrogens (primary N) is 1. The molecule has 0 bridgehead atoms. The first-order valence-electron chi connectivity index (χ1n) is 10.8. The van der Waals surface area contributed by atoms with E-state index in [0.717, 1.165) is 51.1 Å². The topological polar surface area (TPSA) is 61.8 Å². The van der Waals surface area contributed by atoms with Crippen molar-refractivity contribution in [3.05, 3.63) is 102 Å². The first-order valence-corrected chi connectivity index (χ1v) is 10.8. The van der Waals surface area contributed by atoms with Crippen molar-refractivity contribution >= 4 is 25.3 Å². The van der Waals surface area contributed by atoms with E-state index in [1.807, 2.05) is 79.0 Å². The highest BCUT2D eigenvalue weighted by Gasteiger charge is 2.16. The Labute approximate surface area is 196 Å². The molecule has 0 unspecified atom stereocenters. The molecule has 1 aliphatic heterocycles. The molecule has 3 aromatic rings. The van der Waals surface area contributed by atoms with Crippen molar-refractivity contribution in [2.24, 2.45) is 10.7 Å². The zero-order valence-corrected chi connectivity index (χ0v) is 18.9. The van der Waals surface area contributed by atoms with Gasteiger partial charge >= 0.3 is 0 Å². The highest BCUT2D eigenvalue weighted by atomic mass is 16.5. The first-order chi connectivity index (χ1) is 16.1. The van der Waals surface area contributed by atoms with Gasteiger partial charge in [0, 0.05) is 11.3 Å². The summed E-state index contributed by atoms with van der Waals surface area (Å²) < 4.78 is 12.8. The van der Waals surface area contributed by atoms with Crippen LogP contribution in [0.1, 0.15) is 24.6 Å². The minimum absolute atomic E-state index is 0.527. The predicted octanol–water partition coefficient (Wildman–Crippen LogP) is 5.39. The van der Waals surface area contributed by atoms with Crippen LogP contribution in [0.4, 0.5) is 0 Å². The summed E-state index contributed by atoms with van der Waals surface area (Å²) in [6, 6.07) is 19.3. The zero-order valence-electron chi connectivity index (χ0n) is 18.9. The number of aliphatic imine (C=N–C) groups is 1. The molecule has 2 radical (unpaired) electrons. The van der Waals surface area contributed by atoms with Gasteiger partial charge in [-0.25, -0.2) is 4.99 Å². The van der Waals surface area contributed by atoms with Crippen LogP contribution in [-0.4, -0.2) is 31.8 Å². The third kappa shape index (κ3) is 5.36. The normalized spacial score (nSPS) is 14.9. The van der Waals surface area contributed by atoms with Crippen LogP contribution >= 0.6 is 0 Å². The van der Waals surface area contributed by atoms with Crippen molar-refractivity contribution < 1.29 is 9.47 Å². The summed E-state index contributed by atoms with van der Waals surface area (Å²) in [5.41, 5.74) is 11.8. The Bertz CT molecular complexity index is 1250. The van der Waals surface area contributed by atoms with Gasteiger partial charge < -0.3 is 19.7 Å². The van der Waals surface area contributed by atoms with Crippen molar-refractivity contribution in [3.8, 4) is 17.2 Å². The molecule has 5 nitrogen and oxygen atoms in total. The molecule has 1 aromatic heterocycles. The summed E-state index contributed by atoms with van der Waals surface area (Å²) in [5, 5.41) is 0. The molecule has 0 fully saturated rings. The maximum absolute atomic E-state index is 6.08. The van der Waals surface area contributed by atoms with Crippen LogP contribution < -0.4 is 15.2 Å². The molecule has 0 amide bonds. The number of methoxy groups -OCH3 is 1. The lowest BCUT2D eigenvalue weighted by atomic mass is 10.0. The number of aromatic nitrogens is 1. The molecule has 4 rings (SSSR count). The van der Waals surface area contributed by atoms with Gasteiger partial charge in [-0.15, -0.1) is 0 Å². The summed E-state index contributed by atoms with van der Waals surface area (Å²) >= 11 is 0. The van der Waals surface area contributed by atoms with Crippen molar-refractivity contribution in [2.45, 2.75) is 13.3 Å². The molecule has 164 valence electrons. The second-order valence-electron chi connectivity index (χ2n) is 7.71. The van der Waals surface area contributed by atoms with Gasteiger partial charge in [0.25, 0.3) is 0 Å². The highest BCUT2D eigenvalue weighted by Crippen LogP contribution is 2.31. The van der Waals surface area contributed by atoms with Crippen molar-refractivity contribution in [1.82, 2.24) is 4.48 Å². The minimum atomic E-state index is 0.527. The Balaban J connectivity index is 1.54. The molecule has 2 aromatic carbocycles. The Morgan fingerprint density at radius 1 is 1.03 bits per heavy atom. The van der Waals surface area contributed by atoms with Crippen LogP contribution in [0.3, 0.4) is 0 Å². The third-order valence-electron chi connectivity index (χ3n) is 5.35. The number of nitrogens with zero attached hydrogens (tertiary/aromatic N) is 2. The van der Waals surface area contributed by atoms with Crippen molar-refractivity contribution in [2.75, 3.05) is 13.7 Å². The second kappa shape index (κ2) is 10.2. The Morgan fingerprint density at radius 2 is 1.82 bits per heavy atom. The summed E-state index contributed by atoms with van der Waals surface area (Å²) in [4.78, 5) is 4.86. The summed E-state index contributed by atoms with van der Waals surface area (Å²) in [7, 11) is 7.72. The minimum Gasteiger partial charge on any atom is -0.497 e. The Kier molecular flexibility index (Phi) is 6.96. The molecule has 0 spiro atoms. The van der Waals surface area contributed by atoms with Gasteiger partial charge in [0.05, 0.1) is 18.5 Å². The van der Waals surface area contributed by atoms with Gasteiger partial charge in [0.2, 0.25) is 7.98 Å². The van der Waals surface area contributed by atoms with Gasteiger partial charge in [-0.05, 0) is 97.9 Å². The van der Waals surface area contributed by atoms with E-state index < -0.39 is 0 Å². The lowest BCUT2D eigenvalue weighted by Crippen LogP contribution is -2.05. The molecular weight excluding hydrogens is 409 g/mol. The van der Waals surface area contributed by atoms with Crippen LogP contribution in [0.25, 0.3) is 11.6 Å². The van der Waals surface area contributed by atoms with Crippen molar-refractivity contribution in [3.63, 3.8) is 0 Å². The molecule has 6 heteroatoms. The summed E-state index contributed by atoms with van der Waals surface area (Å²) in [6.45, 7) is 2.59. The molecule has 0 aliphatic carbocycles. The number of ether oxygens (including phenoxy) is 2. The Morgan fingerprint density at radius 3 is 2.52 bits per heavy atom. The van der Waals surface area contributed by atoms with Crippen LogP contribution in [0, 0.1) is 0 Å². The van der Waals surface area contributed by atoms with Crippen LogP contribution in [-0.2, 0) is 0 Å². The average Bonchev–Trinajstić information content (AvgIpc) is 3.42. The lowest BCUT2D eigenvalue weighted by Gasteiger charge is -2.11. The number of hydrogen-bond acceptors (Lipinski definition) is 4. The smallest absolute Gasteiger partial charge is 0.234 e. The van der Waals surface area contributed by atoms with E-state index >= 15 is 0 Å². The van der Waals surface area contributed by atoms with Crippen LogP contribution in [0.5, 0.6) is 17.2 Å². The van der Waals surface area contributed by atoms with Crippen LogP contribution in [0.2, 0.25) is 0 Å². The number of rotatable bonds is 8. The molecule has 2 heterocycles. The van der Waals surface area contributed by atoms with E-state index in [1.54, 1.807) is 11.6 Å². The molecular formula is C27H26BN3O2. The monoisotopic (exact) mass is 435 g/mol. The second-order valence-corrected chi connectivity index (χ2v) is 7.71. The fourth-order valence-corrected chi connectivity index (χ4v) is 3.74. The van der Waals surface area contributed by atoms with Gasteiger partial charge in [-0.3, -0.25) is 0 Å². The molecule has 0 saturated carbocycles. The van der Waals surface area contributed by atoms with E-state index in [-0.39, 0.29) is 0 Å². The number of hydrogen-bond donors (Lipinski definition) is 1. The van der Waals surface area contributed by atoms with Gasteiger partial charge in [0.15, 0.2) is 0 Å². The summed E-state index contributed by atoms with van der Waals surface area (Å²) in [5.74, 6) is 2.31. The fourth-order valence-electron chi connectivity index (χ4n) is 3.74. The molecule has 1 aliphatic rings. The maximum Gasteiger partial charge on any atom is 0.234 e.